The monoisotopic (exact) mass is 146 g/mol. The predicted octanol–water partition coefficient (Wildman–Crippen LogP) is 2.87. The van der Waals surface area contributed by atoms with E-state index in [9.17, 15) is 0 Å². The minimum absolute atomic E-state index is 1.30. The smallest absolute Gasteiger partial charge is 0.0276 e. The fourth-order valence-electron chi connectivity index (χ4n) is 1.86. The molecule has 0 amide bonds. The molecule has 1 aromatic carbocycles. The van der Waals surface area contributed by atoms with Crippen LogP contribution in [-0.4, -0.2) is 0 Å². The molecule has 0 N–H and O–H groups in total. The maximum Gasteiger partial charge on any atom is -0.0276 e. The van der Waals surface area contributed by atoms with Gasteiger partial charge in [-0.05, 0) is 43.7 Å². The molecule has 0 aliphatic heterocycles. The first kappa shape index (κ1) is 6.90. The molecule has 0 atom stereocenters. The van der Waals surface area contributed by atoms with Crippen LogP contribution in [0.15, 0.2) is 18.2 Å². The van der Waals surface area contributed by atoms with Crippen LogP contribution in [0.25, 0.3) is 0 Å². The quantitative estimate of drug-likeness (QED) is 0.528. The molecule has 0 saturated heterocycles. The van der Waals surface area contributed by atoms with Gasteiger partial charge < -0.3 is 0 Å². The van der Waals surface area contributed by atoms with E-state index in [0.29, 0.717) is 0 Å². The topological polar surface area (TPSA) is 0 Å². The molecule has 0 saturated carbocycles. The summed E-state index contributed by atoms with van der Waals surface area (Å²) in [5.74, 6) is 0. The van der Waals surface area contributed by atoms with Crippen molar-refractivity contribution in [3.05, 3.63) is 34.9 Å². The second-order valence-corrected chi connectivity index (χ2v) is 3.48. The molecule has 0 nitrogen and oxygen atoms in total. The van der Waals surface area contributed by atoms with Crippen LogP contribution in [0, 0.1) is 6.92 Å². The predicted molar refractivity (Wildman–Crippen MR) is 47.8 cm³/mol. The summed E-state index contributed by atoms with van der Waals surface area (Å²) in [5.41, 5.74) is 4.59. The molecule has 0 heterocycles. The van der Waals surface area contributed by atoms with Crippen LogP contribution < -0.4 is 0 Å². The van der Waals surface area contributed by atoms with Gasteiger partial charge in [0.2, 0.25) is 0 Å². The van der Waals surface area contributed by atoms with Crippen molar-refractivity contribution < 1.29 is 0 Å². The van der Waals surface area contributed by atoms with Crippen molar-refractivity contribution in [1.82, 2.24) is 0 Å². The number of hydrogen-bond acceptors (Lipinski definition) is 0. The number of fused-ring (bicyclic) bond motifs is 1. The number of rotatable bonds is 0. The van der Waals surface area contributed by atoms with Crippen LogP contribution >= 0.6 is 0 Å². The minimum atomic E-state index is 1.30. The molecule has 0 fully saturated rings. The fraction of sp³-hybridized carbons (Fsp3) is 0.455. The Labute approximate surface area is 68.3 Å². The van der Waals surface area contributed by atoms with Gasteiger partial charge in [0.15, 0.2) is 0 Å². The van der Waals surface area contributed by atoms with Crippen LogP contribution in [0.1, 0.15) is 29.5 Å². The SMILES string of the molecule is Cc1ccc2c(c1)CCCC2. The summed E-state index contributed by atoms with van der Waals surface area (Å²) >= 11 is 0. The van der Waals surface area contributed by atoms with Crippen molar-refractivity contribution in [2.24, 2.45) is 0 Å². The summed E-state index contributed by atoms with van der Waals surface area (Å²) in [6.07, 6.45) is 5.37. The normalized spacial score (nSPS) is 16.1. The third kappa shape index (κ3) is 1.30. The molecular weight excluding hydrogens is 132 g/mol. The largest absolute Gasteiger partial charge is 0.0590 e. The standard InChI is InChI=1S/C11H14/c1-9-6-7-10-4-2-3-5-11(10)8-9/h6-8H,2-5H2,1H3. The molecule has 11 heavy (non-hydrogen) atoms. The van der Waals surface area contributed by atoms with Gasteiger partial charge in [-0.25, -0.2) is 0 Å². The third-order valence-corrected chi connectivity index (χ3v) is 2.50. The van der Waals surface area contributed by atoms with E-state index < -0.39 is 0 Å². The van der Waals surface area contributed by atoms with Crippen LogP contribution in [-0.2, 0) is 12.8 Å². The van der Waals surface area contributed by atoms with E-state index in [1.807, 2.05) is 0 Å². The Kier molecular flexibility index (Phi) is 1.69. The first-order chi connectivity index (χ1) is 5.36. The zero-order valence-corrected chi connectivity index (χ0v) is 7.06. The average molecular weight is 146 g/mol. The summed E-state index contributed by atoms with van der Waals surface area (Å²) in [4.78, 5) is 0. The van der Waals surface area contributed by atoms with Crippen LogP contribution in [0.2, 0.25) is 0 Å². The third-order valence-electron chi connectivity index (χ3n) is 2.50. The molecule has 0 heteroatoms. The van der Waals surface area contributed by atoms with Gasteiger partial charge >= 0.3 is 0 Å². The molecule has 1 aliphatic carbocycles. The first-order valence-electron chi connectivity index (χ1n) is 4.45. The van der Waals surface area contributed by atoms with E-state index in [1.165, 1.54) is 31.2 Å². The Bertz CT molecular complexity index is 261. The van der Waals surface area contributed by atoms with E-state index in [2.05, 4.69) is 25.1 Å². The second-order valence-electron chi connectivity index (χ2n) is 3.48. The lowest BCUT2D eigenvalue weighted by atomic mass is 9.91. The molecule has 0 aromatic heterocycles. The molecule has 0 bridgehead atoms. The molecule has 0 unspecified atom stereocenters. The Morgan fingerprint density at radius 1 is 1.00 bits per heavy atom. The Morgan fingerprint density at radius 2 is 1.73 bits per heavy atom. The molecule has 58 valence electrons. The lowest BCUT2D eigenvalue weighted by Crippen LogP contribution is -2.01. The van der Waals surface area contributed by atoms with Crippen molar-refractivity contribution in [2.45, 2.75) is 32.6 Å². The maximum absolute atomic E-state index is 2.34. The van der Waals surface area contributed by atoms with E-state index in [4.69, 9.17) is 0 Å². The van der Waals surface area contributed by atoms with Gasteiger partial charge in [-0.1, -0.05) is 23.8 Å². The molecule has 0 radical (unpaired) electrons. The summed E-state index contributed by atoms with van der Waals surface area (Å²) in [5, 5.41) is 0. The number of benzene rings is 1. The van der Waals surface area contributed by atoms with Gasteiger partial charge in [0.05, 0.1) is 0 Å². The van der Waals surface area contributed by atoms with E-state index in [1.54, 1.807) is 11.1 Å². The van der Waals surface area contributed by atoms with E-state index in [0.717, 1.165) is 0 Å². The lowest BCUT2D eigenvalue weighted by Gasteiger charge is -2.15. The molecular formula is C11H14. The average Bonchev–Trinajstić information content (AvgIpc) is 2.04. The number of hydrogen-bond donors (Lipinski definition) is 0. The van der Waals surface area contributed by atoms with Crippen LogP contribution in [0.3, 0.4) is 0 Å². The van der Waals surface area contributed by atoms with Gasteiger partial charge in [0.1, 0.15) is 0 Å². The van der Waals surface area contributed by atoms with Crippen molar-refractivity contribution in [3.8, 4) is 0 Å². The highest BCUT2D eigenvalue weighted by molar-refractivity contribution is 5.32. The highest BCUT2D eigenvalue weighted by Gasteiger charge is 2.07. The summed E-state index contributed by atoms with van der Waals surface area (Å²) in [6, 6.07) is 6.86. The molecule has 2 rings (SSSR count). The Morgan fingerprint density at radius 3 is 2.55 bits per heavy atom. The highest BCUT2D eigenvalue weighted by Crippen LogP contribution is 2.21. The van der Waals surface area contributed by atoms with Crippen molar-refractivity contribution >= 4 is 0 Å². The van der Waals surface area contributed by atoms with Crippen LogP contribution in [0.4, 0.5) is 0 Å². The summed E-state index contributed by atoms with van der Waals surface area (Å²) in [7, 11) is 0. The lowest BCUT2D eigenvalue weighted by molar-refractivity contribution is 0.685. The minimum Gasteiger partial charge on any atom is -0.0590 e. The fourth-order valence-corrected chi connectivity index (χ4v) is 1.86. The van der Waals surface area contributed by atoms with Crippen LogP contribution in [0.5, 0.6) is 0 Å². The molecule has 1 aromatic rings. The van der Waals surface area contributed by atoms with E-state index >= 15 is 0 Å². The number of aryl methyl sites for hydroxylation is 3. The Hall–Kier alpha value is -0.780. The Balaban J connectivity index is 2.43. The first-order valence-corrected chi connectivity index (χ1v) is 4.45. The highest BCUT2D eigenvalue weighted by atomic mass is 14.1. The van der Waals surface area contributed by atoms with Gasteiger partial charge in [0, 0.05) is 0 Å². The van der Waals surface area contributed by atoms with Crippen molar-refractivity contribution in [2.75, 3.05) is 0 Å². The van der Waals surface area contributed by atoms with Gasteiger partial charge in [-0.3, -0.25) is 0 Å². The maximum atomic E-state index is 2.34. The van der Waals surface area contributed by atoms with E-state index in [-0.39, 0.29) is 0 Å². The zero-order chi connectivity index (χ0) is 7.68. The van der Waals surface area contributed by atoms with Crippen molar-refractivity contribution in [3.63, 3.8) is 0 Å². The van der Waals surface area contributed by atoms with Gasteiger partial charge in [-0.2, -0.15) is 0 Å². The summed E-state index contributed by atoms with van der Waals surface area (Å²) < 4.78 is 0. The zero-order valence-electron chi connectivity index (χ0n) is 7.06. The molecule has 1 aliphatic rings. The van der Waals surface area contributed by atoms with Crippen molar-refractivity contribution in [1.29, 1.82) is 0 Å². The van der Waals surface area contributed by atoms with Gasteiger partial charge in [-0.15, -0.1) is 0 Å². The second kappa shape index (κ2) is 2.69. The molecule has 0 spiro atoms. The summed E-state index contributed by atoms with van der Waals surface area (Å²) in [6.45, 7) is 2.18. The van der Waals surface area contributed by atoms with Gasteiger partial charge in [0.25, 0.3) is 0 Å².